The van der Waals surface area contributed by atoms with Gasteiger partial charge in [-0.1, -0.05) is 13.0 Å². The summed E-state index contributed by atoms with van der Waals surface area (Å²) >= 11 is 3.21. The highest BCUT2D eigenvalue weighted by Crippen LogP contribution is 2.38. The van der Waals surface area contributed by atoms with Crippen LogP contribution in [0.4, 0.5) is 0 Å². The summed E-state index contributed by atoms with van der Waals surface area (Å²) < 4.78 is 1.58. The fourth-order valence-electron chi connectivity index (χ4n) is 2.59. The van der Waals surface area contributed by atoms with Gasteiger partial charge in [-0.15, -0.1) is 22.7 Å². The van der Waals surface area contributed by atoms with Gasteiger partial charge in [-0.25, -0.2) is 4.98 Å². The minimum atomic E-state index is -0.352. The van der Waals surface area contributed by atoms with Crippen LogP contribution in [0.15, 0.2) is 28.6 Å². The van der Waals surface area contributed by atoms with Crippen LogP contribution in [0, 0.1) is 0 Å². The largest absolute Gasteiger partial charge is 0.370 e. The van der Waals surface area contributed by atoms with Crippen molar-refractivity contribution in [1.82, 2.24) is 9.55 Å². The maximum absolute atomic E-state index is 12.9. The second kappa shape index (κ2) is 6.64. The van der Waals surface area contributed by atoms with Gasteiger partial charge in [0.05, 0.1) is 11.7 Å². The summed E-state index contributed by atoms with van der Waals surface area (Å²) in [6, 6.07) is 4.03. The van der Waals surface area contributed by atoms with E-state index in [9.17, 15) is 9.59 Å². The molecule has 0 aliphatic heterocycles. The molecule has 0 spiro atoms. The maximum Gasteiger partial charge on any atom is 0.262 e. The number of thiophene rings is 2. The van der Waals surface area contributed by atoms with E-state index in [2.05, 4.69) is 11.9 Å². The summed E-state index contributed by atoms with van der Waals surface area (Å²) in [5.41, 5.74) is 6.13. The van der Waals surface area contributed by atoms with Crippen molar-refractivity contribution in [3.05, 3.63) is 39.1 Å². The van der Waals surface area contributed by atoms with Gasteiger partial charge >= 0.3 is 0 Å². The SMILES string of the molecule is CCc1sc2ncn(CCCC(N)=O)c(=O)c2c1-c1cccs1. The van der Waals surface area contributed by atoms with Crippen LogP contribution in [-0.4, -0.2) is 15.5 Å². The fourth-order valence-corrected chi connectivity index (χ4v) is 4.54. The second-order valence-corrected chi connectivity index (χ2v) is 7.26. The summed E-state index contributed by atoms with van der Waals surface area (Å²) in [6.07, 6.45) is 3.25. The zero-order valence-corrected chi connectivity index (χ0v) is 14.4. The van der Waals surface area contributed by atoms with E-state index in [1.165, 1.54) is 4.88 Å². The zero-order valence-electron chi connectivity index (χ0n) is 12.7. The van der Waals surface area contributed by atoms with Crippen LogP contribution in [0.3, 0.4) is 0 Å². The van der Waals surface area contributed by atoms with Crippen molar-refractivity contribution >= 4 is 38.8 Å². The van der Waals surface area contributed by atoms with Crippen LogP contribution in [0.25, 0.3) is 20.7 Å². The lowest BCUT2D eigenvalue weighted by Crippen LogP contribution is -2.21. The molecule has 7 heteroatoms. The van der Waals surface area contributed by atoms with Gasteiger partial charge < -0.3 is 5.73 Å². The van der Waals surface area contributed by atoms with Crippen molar-refractivity contribution in [3.63, 3.8) is 0 Å². The topological polar surface area (TPSA) is 78.0 Å². The Bertz CT molecular complexity index is 894. The summed E-state index contributed by atoms with van der Waals surface area (Å²) in [4.78, 5) is 31.2. The van der Waals surface area contributed by atoms with Gasteiger partial charge in [0.25, 0.3) is 5.56 Å². The monoisotopic (exact) mass is 347 g/mol. The Morgan fingerprint density at radius 2 is 2.26 bits per heavy atom. The molecule has 3 aromatic heterocycles. The number of aromatic nitrogens is 2. The van der Waals surface area contributed by atoms with Crippen molar-refractivity contribution in [2.75, 3.05) is 0 Å². The molecule has 0 aliphatic carbocycles. The highest BCUT2D eigenvalue weighted by Gasteiger charge is 2.18. The zero-order chi connectivity index (χ0) is 16.4. The van der Waals surface area contributed by atoms with E-state index in [-0.39, 0.29) is 17.9 Å². The number of aryl methyl sites for hydroxylation is 2. The van der Waals surface area contributed by atoms with Gasteiger partial charge in [-0.2, -0.15) is 0 Å². The summed E-state index contributed by atoms with van der Waals surface area (Å²) in [7, 11) is 0. The van der Waals surface area contributed by atoms with Crippen molar-refractivity contribution < 1.29 is 4.79 Å². The Morgan fingerprint density at radius 3 is 2.91 bits per heavy atom. The maximum atomic E-state index is 12.9. The molecule has 23 heavy (non-hydrogen) atoms. The van der Waals surface area contributed by atoms with Crippen molar-refractivity contribution in [2.24, 2.45) is 5.73 Å². The van der Waals surface area contributed by atoms with E-state index in [1.54, 1.807) is 33.6 Å². The third-order valence-corrected chi connectivity index (χ3v) is 5.79. The quantitative estimate of drug-likeness (QED) is 0.744. The minimum Gasteiger partial charge on any atom is -0.370 e. The van der Waals surface area contributed by atoms with Gasteiger partial charge in [0.15, 0.2) is 0 Å². The van der Waals surface area contributed by atoms with Crippen LogP contribution >= 0.6 is 22.7 Å². The van der Waals surface area contributed by atoms with Gasteiger partial charge in [0.2, 0.25) is 5.91 Å². The number of amides is 1. The lowest BCUT2D eigenvalue weighted by Gasteiger charge is -2.05. The molecule has 0 bridgehead atoms. The molecule has 0 saturated heterocycles. The standard InChI is InChI=1S/C16H17N3O2S2/c1-2-10-13(11-5-4-8-22-11)14-15(23-10)18-9-19(16(14)21)7-3-6-12(17)20/h4-5,8-9H,2-3,6-7H2,1H3,(H2,17,20). The van der Waals surface area contributed by atoms with Crippen LogP contribution < -0.4 is 11.3 Å². The number of fused-ring (bicyclic) bond motifs is 1. The average Bonchev–Trinajstić information content (AvgIpc) is 3.15. The lowest BCUT2D eigenvalue weighted by atomic mass is 10.1. The number of nitrogens with two attached hydrogens (primary N) is 1. The molecule has 0 saturated carbocycles. The predicted molar refractivity (Wildman–Crippen MR) is 95.0 cm³/mol. The highest BCUT2D eigenvalue weighted by atomic mass is 32.1. The van der Waals surface area contributed by atoms with Gasteiger partial charge in [-0.3, -0.25) is 14.2 Å². The van der Waals surface area contributed by atoms with Crippen molar-refractivity contribution in [1.29, 1.82) is 0 Å². The van der Waals surface area contributed by atoms with Crippen LogP contribution in [-0.2, 0) is 17.8 Å². The van der Waals surface area contributed by atoms with Gasteiger partial charge in [-0.05, 0) is 24.3 Å². The molecule has 3 heterocycles. The number of hydrogen-bond acceptors (Lipinski definition) is 5. The Labute approximate surface area is 141 Å². The normalized spacial score (nSPS) is 11.2. The molecular weight excluding hydrogens is 330 g/mol. The molecule has 1 amide bonds. The predicted octanol–water partition coefficient (Wildman–Crippen LogP) is 3.01. The first-order valence-electron chi connectivity index (χ1n) is 7.44. The summed E-state index contributed by atoms with van der Waals surface area (Å²) in [6.45, 7) is 2.54. The highest BCUT2D eigenvalue weighted by molar-refractivity contribution is 7.20. The number of carbonyl (C=O) groups excluding carboxylic acids is 1. The van der Waals surface area contributed by atoms with Gasteiger partial charge in [0, 0.05) is 28.3 Å². The number of hydrogen-bond donors (Lipinski definition) is 1. The Balaban J connectivity index is 2.10. The van der Waals surface area contributed by atoms with Crippen molar-refractivity contribution in [2.45, 2.75) is 32.7 Å². The molecule has 0 fully saturated rings. The van der Waals surface area contributed by atoms with E-state index in [4.69, 9.17) is 5.73 Å². The first-order valence-corrected chi connectivity index (χ1v) is 9.14. The molecule has 0 radical (unpaired) electrons. The molecule has 3 aromatic rings. The molecule has 5 nitrogen and oxygen atoms in total. The van der Waals surface area contributed by atoms with E-state index in [0.717, 1.165) is 21.7 Å². The molecule has 0 unspecified atom stereocenters. The molecule has 0 aliphatic rings. The smallest absolute Gasteiger partial charge is 0.262 e. The van der Waals surface area contributed by atoms with E-state index in [0.29, 0.717) is 18.4 Å². The second-order valence-electron chi connectivity index (χ2n) is 5.22. The Morgan fingerprint density at radius 1 is 1.43 bits per heavy atom. The number of carbonyl (C=O) groups is 1. The van der Waals surface area contributed by atoms with E-state index >= 15 is 0 Å². The molecule has 0 atom stereocenters. The molecule has 3 rings (SSSR count). The molecule has 120 valence electrons. The molecule has 0 aromatic carbocycles. The Kier molecular flexibility index (Phi) is 4.58. The van der Waals surface area contributed by atoms with E-state index in [1.807, 2.05) is 17.5 Å². The summed E-state index contributed by atoms with van der Waals surface area (Å²) in [5.74, 6) is -0.352. The minimum absolute atomic E-state index is 0.0428. The third kappa shape index (κ3) is 3.07. The molecule has 2 N–H and O–H groups in total. The Hall–Kier alpha value is -1.99. The fraction of sp³-hybridized carbons (Fsp3) is 0.312. The van der Waals surface area contributed by atoms with Crippen LogP contribution in [0.1, 0.15) is 24.6 Å². The number of nitrogens with zero attached hydrogens (tertiary/aromatic N) is 2. The molecular formula is C16H17N3O2S2. The lowest BCUT2D eigenvalue weighted by molar-refractivity contribution is -0.118. The first kappa shape index (κ1) is 15.9. The van der Waals surface area contributed by atoms with Crippen LogP contribution in [0.2, 0.25) is 0 Å². The van der Waals surface area contributed by atoms with Crippen molar-refractivity contribution in [3.8, 4) is 10.4 Å². The first-order chi connectivity index (χ1) is 11.1. The number of rotatable bonds is 6. The van der Waals surface area contributed by atoms with E-state index < -0.39 is 0 Å². The summed E-state index contributed by atoms with van der Waals surface area (Å²) in [5, 5.41) is 2.70. The third-order valence-electron chi connectivity index (χ3n) is 3.66. The average molecular weight is 347 g/mol. The number of primary amides is 1. The van der Waals surface area contributed by atoms with Gasteiger partial charge in [0.1, 0.15) is 4.83 Å². The van der Waals surface area contributed by atoms with Crippen LogP contribution in [0.5, 0.6) is 0 Å².